The van der Waals surface area contributed by atoms with Crippen LogP contribution in [0, 0.1) is 0 Å². The van der Waals surface area contributed by atoms with Gasteiger partial charge in [-0.1, -0.05) is 95.1 Å². The summed E-state index contributed by atoms with van der Waals surface area (Å²) in [4.78, 5) is 0.199. The molecule has 0 amide bonds. The van der Waals surface area contributed by atoms with Gasteiger partial charge in [-0.3, -0.25) is 4.55 Å². The van der Waals surface area contributed by atoms with Crippen molar-refractivity contribution in [1.29, 1.82) is 0 Å². The van der Waals surface area contributed by atoms with Crippen molar-refractivity contribution >= 4 is 36.6 Å². The van der Waals surface area contributed by atoms with Gasteiger partial charge in [-0.05, 0) is 11.3 Å². The van der Waals surface area contributed by atoms with Gasteiger partial charge in [-0.2, -0.15) is 8.42 Å². The summed E-state index contributed by atoms with van der Waals surface area (Å²) in [5, 5.41) is 2.10. The van der Waals surface area contributed by atoms with Crippen LogP contribution in [0.5, 0.6) is 0 Å². The highest BCUT2D eigenvalue weighted by Crippen LogP contribution is 2.26. The smallest absolute Gasteiger partial charge is 0.282 e. The monoisotopic (exact) mass is 386 g/mol. The van der Waals surface area contributed by atoms with Gasteiger partial charge < -0.3 is 0 Å². The highest BCUT2D eigenvalue weighted by molar-refractivity contribution is 7.86. The Hall–Kier alpha value is -0.436. The largest absolute Gasteiger partial charge is 0.294 e. The van der Waals surface area contributed by atoms with E-state index in [0.29, 0.717) is 0 Å². The van der Waals surface area contributed by atoms with E-state index in [0.717, 1.165) is 41.5 Å². The lowest BCUT2D eigenvalue weighted by Gasteiger charge is -2.33. The van der Waals surface area contributed by atoms with Crippen LogP contribution < -0.4 is 10.4 Å². The summed E-state index contributed by atoms with van der Waals surface area (Å²) in [6.45, 7) is 13.1. The summed E-state index contributed by atoms with van der Waals surface area (Å²) in [6, 6.07) is 12.3. The molecule has 0 heterocycles. The van der Waals surface area contributed by atoms with Crippen molar-refractivity contribution in [3.63, 3.8) is 0 Å². The molecular formula is C18H34O3SSi2. The van der Waals surface area contributed by atoms with Crippen LogP contribution in [0.4, 0.5) is 0 Å². The van der Waals surface area contributed by atoms with Gasteiger partial charge in [0, 0.05) is 0 Å². The lowest BCUT2D eigenvalue weighted by molar-refractivity contribution is 0.484. The van der Waals surface area contributed by atoms with E-state index in [1.54, 1.807) is 0 Å². The average molecular weight is 387 g/mol. The van der Waals surface area contributed by atoms with Crippen molar-refractivity contribution in [2.24, 2.45) is 0 Å². The molecular weight excluding hydrogens is 352 g/mol. The molecule has 0 radical (unpaired) electrons. The van der Waals surface area contributed by atoms with Crippen molar-refractivity contribution < 1.29 is 13.0 Å². The first-order valence-corrected chi connectivity index (χ1v) is 16.0. The van der Waals surface area contributed by atoms with Crippen molar-refractivity contribution in [2.75, 3.05) is 0 Å². The Bertz CT molecular complexity index is 632. The van der Waals surface area contributed by atoms with E-state index >= 15 is 0 Å². The normalized spacial score (nSPS) is 13.3. The molecule has 0 aromatic heterocycles. The third-order valence-corrected chi connectivity index (χ3v) is 18.8. The first-order valence-electron chi connectivity index (χ1n) is 9.32. The second kappa shape index (κ2) is 8.30. The van der Waals surface area contributed by atoms with Crippen LogP contribution in [0.2, 0.25) is 36.3 Å². The average Bonchev–Trinajstić information content (AvgIpc) is 2.59. The van der Waals surface area contributed by atoms with Gasteiger partial charge in [0.15, 0.2) is 0 Å². The Kier molecular flexibility index (Phi) is 7.47. The molecule has 1 aromatic rings. The molecule has 0 aliphatic heterocycles. The SMILES string of the molecule is CC[Si](CC)(CC)c1ccc([Si](CC)(CC)CC)c(S(=O)(=O)O)c1. The van der Waals surface area contributed by atoms with Crippen molar-refractivity contribution in [1.82, 2.24) is 0 Å². The molecule has 1 N–H and O–H groups in total. The van der Waals surface area contributed by atoms with Crippen LogP contribution in [0.25, 0.3) is 0 Å². The maximum Gasteiger partial charge on any atom is 0.294 e. The molecule has 0 saturated heterocycles. The molecule has 0 aliphatic rings. The summed E-state index contributed by atoms with van der Waals surface area (Å²) < 4.78 is 34.3. The predicted octanol–water partition coefficient (Wildman–Crippen LogP) is 4.36. The van der Waals surface area contributed by atoms with Crippen LogP contribution in [0.15, 0.2) is 23.1 Å². The summed E-state index contributed by atoms with van der Waals surface area (Å²) in [7, 11) is -7.76. The molecule has 3 nitrogen and oxygen atoms in total. The molecule has 1 aromatic carbocycles. The fourth-order valence-electron chi connectivity index (χ4n) is 4.19. The summed E-state index contributed by atoms with van der Waals surface area (Å²) in [6.07, 6.45) is 0. The van der Waals surface area contributed by atoms with Gasteiger partial charge in [0.2, 0.25) is 0 Å². The standard InChI is InChI=1S/C18H34O3SSi2/c1-7-23(8-2,9-3)16-13-14-18(17(15-16)22(19,20)21)24(10-4,11-5)12-6/h13-15H,7-12H2,1-6H3,(H,19,20,21). The number of benzene rings is 1. The molecule has 0 saturated carbocycles. The summed E-state index contributed by atoms with van der Waals surface area (Å²) in [5.41, 5.74) is 0. The molecule has 0 unspecified atom stereocenters. The van der Waals surface area contributed by atoms with Crippen molar-refractivity contribution in [2.45, 2.75) is 82.7 Å². The van der Waals surface area contributed by atoms with Gasteiger partial charge in [0.25, 0.3) is 10.1 Å². The van der Waals surface area contributed by atoms with Gasteiger partial charge in [0.05, 0.1) is 21.0 Å². The molecule has 0 aliphatic carbocycles. The molecule has 24 heavy (non-hydrogen) atoms. The highest BCUT2D eigenvalue weighted by Gasteiger charge is 2.36. The maximum atomic E-state index is 12.2. The second-order valence-electron chi connectivity index (χ2n) is 6.87. The van der Waals surface area contributed by atoms with Gasteiger partial charge >= 0.3 is 0 Å². The van der Waals surface area contributed by atoms with E-state index in [1.807, 2.05) is 12.1 Å². The fourth-order valence-corrected chi connectivity index (χ4v) is 13.2. The van der Waals surface area contributed by atoms with E-state index in [2.05, 4.69) is 47.6 Å². The minimum Gasteiger partial charge on any atom is -0.282 e. The molecule has 6 heteroatoms. The zero-order valence-electron chi connectivity index (χ0n) is 16.1. The Morgan fingerprint density at radius 3 is 1.54 bits per heavy atom. The van der Waals surface area contributed by atoms with Crippen molar-refractivity contribution in [3.05, 3.63) is 18.2 Å². The van der Waals surface area contributed by atoms with E-state index in [1.165, 1.54) is 5.19 Å². The van der Waals surface area contributed by atoms with Crippen molar-refractivity contribution in [3.8, 4) is 0 Å². The van der Waals surface area contributed by atoms with Gasteiger partial charge in [0.1, 0.15) is 0 Å². The van der Waals surface area contributed by atoms with Crippen LogP contribution >= 0.6 is 0 Å². The van der Waals surface area contributed by atoms with E-state index in [-0.39, 0.29) is 4.90 Å². The zero-order valence-corrected chi connectivity index (χ0v) is 19.0. The van der Waals surface area contributed by atoms with E-state index in [9.17, 15) is 13.0 Å². The van der Waals surface area contributed by atoms with Gasteiger partial charge in [-0.15, -0.1) is 0 Å². The van der Waals surface area contributed by atoms with E-state index in [4.69, 9.17) is 0 Å². The molecule has 138 valence electrons. The molecule has 0 fully saturated rings. The minimum absolute atomic E-state index is 0.199. The van der Waals surface area contributed by atoms with Crippen LogP contribution in [0.1, 0.15) is 41.5 Å². The summed E-state index contributed by atoms with van der Waals surface area (Å²) in [5.74, 6) is 0. The second-order valence-corrected chi connectivity index (χ2v) is 18.7. The van der Waals surface area contributed by atoms with Crippen LogP contribution in [-0.4, -0.2) is 29.1 Å². The summed E-state index contributed by atoms with van der Waals surface area (Å²) >= 11 is 0. The first-order chi connectivity index (χ1) is 11.2. The third-order valence-electron chi connectivity index (χ3n) is 6.50. The Labute approximate surface area is 150 Å². The highest BCUT2D eigenvalue weighted by atomic mass is 32.2. The maximum absolute atomic E-state index is 12.2. The lowest BCUT2D eigenvalue weighted by Crippen LogP contribution is -2.51. The zero-order chi connectivity index (χ0) is 18.6. The predicted molar refractivity (Wildman–Crippen MR) is 110 cm³/mol. The van der Waals surface area contributed by atoms with Crippen LogP contribution in [-0.2, 0) is 10.1 Å². The third kappa shape index (κ3) is 3.87. The van der Waals surface area contributed by atoms with Crippen LogP contribution in [0.3, 0.4) is 0 Å². The Balaban J connectivity index is 3.74. The molecule has 0 bridgehead atoms. The number of hydrogen-bond donors (Lipinski definition) is 1. The van der Waals surface area contributed by atoms with Gasteiger partial charge in [-0.25, -0.2) is 0 Å². The Morgan fingerprint density at radius 1 is 0.792 bits per heavy atom. The number of rotatable bonds is 9. The lowest BCUT2D eigenvalue weighted by atomic mass is 10.3. The Morgan fingerprint density at radius 2 is 1.21 bits per heavy atom. The molecule has 0 atom stereocenters. The topological polar surface area (TPSA) is 54.4 Å². The fraction of sp³-hybridized carbons (Fsp3) is 0.667. The van der Waals surface area contributed by atoms with E-state index < -0.39 is 26.3 Å². The first kappa shape index (κ1) is 21.6. The molecule has 1 rings (SSSR count). The minimum atomic E-state index is -4.20. The number of hydrogen-bond acceptors (Lipinski definition) is 2. The quantitative estimate of drug-likeness (QED) is 0.506. The molecule has 0 spiro atoms.